The molecule has 2 aromatic rings. The Balaban J connectivity index is 2.12. The molecule has 0 unspecified atom stereocenters. The Hall–Kier alpha value is -1.71. The third-order valence-electron chi connectivity index (χ3n) is 3.48. The molecule has 0 radical (unpaired) electrons. The minimum absolute atomic E-state index is 0.201. The van der Waals surface area contributed by atoms with Crippen LogP contribution in [0.1, 0.15) is 23.6 Å². The molecule has 0 fully saturated rings. The monoisotopic (exact) mass is 272 g/mol. The summed E-state index contributed by atoms with van der Waals surface area (Å²) in [4.78, 5) is 2.28. The molecule has 0 saturated carbocycles. The zero-order valence-electron chi connectivity index (χ0n) is 11.8. The van der Waals surface area contributed by atoms with Gasteiger partial charge in [0.1, 0.15) is 5.82 Å². The number of halogens is 1. The molecular weight excluding hydrogens is 251 g/mol. The van der Waals surface area contributed by atoms with E-state index >= 15 is 0 Å². The fraction of sp³-hybridized carbons (Fsp3) is 0.294. The Labute approximate surface area is 120 Å². The molecule has 0 aliphatic heterocycles. The minimum Gasteiger partial charge on any atom is -0.326 e. The lowest BCUT2D eigenvalue weighted by molar-refractivity contribution is 0.270. The van der Waals surface area contributed by atoms with Crippen LogP contribution in [0.2, 0.25) is 0 Å². The number of nitrogens with zero attached hydrogens (tertiary/aromatic N) is 1. The molecule has 0 amide bonds. The first-order chi connectivity index (χ1) is 9.72. The van der Waals surface area contributed by atoms with Gasteiger partial charge in [0.25, 0.3) is 0 Å². The smallest absolute Gasteiger partial charge is 0.123 e. The minimum atomic E-state index is -0.201. The highest BCUT2D eigenvalue weighted by molar-refractivity contribution is 5.28. The van der Waals surface area contributed by atoms with Gasteiger partial charge in [-0.25, -0.2) is 4.39 Å². The largest absolute Gasteiger partial charge is 0.326 e. The zero-order chi connectivity index (χ0) is 14.4. The average molecular weight is 272 g/mol. The Kier molecular flexibility index (Phi) is 5.27. The van der Waals surface area contributed by atoms with E-state index in [2.05, 4.69) is 24.0 Å². The summed E-state index contributed by atoms with van der Waals surface area (Å²) >= 11 is 0. The quantitative estimate of drug-likeness (QED) is 0.874. The van der Waals surface area contributed by atoms with Gasteiger partial charge < -0.3 is 5.73 Å². The van der Waals surface area contributed by atoms with Crippen LogP contribution in [0.15, 0.2) is 48.5 Å². The molecular formula is C17H21FN2. The Morgan fingerprint density at radius 1 is 1.00 bits per heavy atom. The van der Waals surface area contributed by atoms with Crippen molar-refractivity contribution in [3.05, 3.63) is 71.0 Å². The molecule has 0 saturated heterocycles. The third kappa shape index (κ3) is 3.89. The second-order valence-electron chi connectivity index (χ2n) is 4.91. The summed E-state index contributed by atoms with van der Waals surface area (Å²) in [5.41, 5.74) is 8.98. The second-order valence-corrected chi connectivity index (χ2v) is 4.91. The highest BCUT2D eigenvalue weighted by atomic mass is 19.1. The maximum Gasteiger partial charge on any atom is 0.123 e. The van der Waals surface area contributed by atoms with Crippen molar-refractivity contribution < 1.29 is 4.39 Å². The Morgan fingerprint density at radius 3 is 2.40 bits per heavy atom. The molecule has 0 heterocycles. The summed E-state index contributed by atoms with van der Waals surface area (Å²) in [5.74, 6) is -0.201. The van der Waals surface area contributed by atoms with Crippen LogP contribution in [-0.4, -0.2) is 11.4 Å². The first-order valence-corrected chi connectivity index (χ1v) is 6.96. The first-order valence-electron chi connectivity index (χ1n) is 6.96. The molecule has 3 heteroatoms. The van der Waals surface area contributed by atoms with Gasteiger partial charge >= 0.3 is 0 Å². The van der Waals surface area contributed by atoms with Crippen molar-refractivity contribution in [2.75, 3.05) is 6.54 Å². The molecule has 2 nitrogen and oxygen atoms in total. The van der Waals surface area contributed by atoms with Crippen molar-refractivity contribution >= 4 is 0 Å². The lowest BCUT2D eigenvalue weighted by Gasteiger charge is -2.22. The molecule has 2 rings (SSSR count). The summed E-state index contributed by atoms with van der Waals surface area (Å²) in [6.45, 7) is 5.05. The molecule has 0 atom stereocenters. The summed E-state index contributed by atoms with van der Waals surface area (Å²) in [6.07, 6.45) is 0. The third-order valence-corrected chi connectivity index (χ3v) is 3.48. The fourth-order valence-electron chi connectivity index (χ4n) is 2.30. The fourth-order valence-corrected chi connectivity index (χ4v) is 2.30. The van der Waals surface area contributed by atoms with Gasteiger partial charge in [0.15, 0.2) is 0 Å². The number of hydrogen-bond donors (Lipinski definition) is 1. The van der Waals surface area contributed by atoms with Crippen LogP contribution in [0.5, 0.6) is 0 Å². The zero-order valence-corrected chi connectivity index (χ0v) is 11.8. The summed E-state index contributed by atoms with van der Waals surface area (Å²) in [6, 6.07) is 15.2. The van der Waals surface area contributed by atoms with E-state index in [1.165, 1.54) is 11.6 Å². The van der Waals surface area contributed by atoms with Crippen molar-refractivity contribution in [2.45, 2.75) is 26.6 Å². The maximum atomic E-state index is 13.4. The van der Waals surface area contributed by atoms with Crippen molar-refractivity contribution in [3.8, 4) is 0 Å². The molecule has 0 aromatic heterocycles. The molecule has 0 aliphatic carbocycles. The second kappa shape index (κ2) is 7.17. The summed E-state index contributed by atoms with van der Waals surface area (Å²) in [5, 5.41) is 0. The van der Waals surface area contributed by atoms with Gasteiger partial charge in [-0.05, 0) is 35.4 Å². The highest BCUT2D eigenvalue weighted by Gasteiger charge is 2.09. The molecule has 0 spiro atoms. The number of rotatable bonds is 6. The topological polar surface area (TPSA) is 29.3 Å². The predicted octanol–water partition coefficient (Wildman–Crippen LogP) is 3.31. The maximum absolute atomic E-state index is 13.4. The van der Waals surface area contributed by atoms with E-state index in [1.807, 2.05) is 18.2 Å². The van der Waals surface area contributed by atoms with Gasteiger partial charge in [0.2, 0.25) is 0 Å². The molecule has 2 N–H and O–H groups in total. The standard InChI is InChI=1S/C17H21FN2/c1-2-20(12-14-6-4-3-5-7-14)13-16-10-17(18)9-8-15(16)11-19/h3-10H,2,11-13,19H2,1H3. The molecule has 0 bridgehead atoms. The summed E-state index contributed by atoms with van der Waals surface area (Å²) in [7, 11) is 0. The lowest BCUT2D eigenvalue weighted by Crippen LogP contribution is -2.23. The van der Waals surface area contributed by atoms with Crippen molar-refractivity contribution in [2.24, 2.45) is 5.73 Å². The highest BCUT2D eigenvalue weighted by Crippen LogP contribution is 2.15. The first kappa shape index (κ1) is 14.7. The lowest BCUT2D eigenvalue weighted by atomic mass is 10.1. The van der Waals surface area contributed by atoms with Gasteiger partial charge in [-0.15, -0.1) is 0 Å². The van der Waals surface area contributed by atoms with Crippen LogP contribution in [0.4, 0.5) is 4.39 Å². The van der Waals surface area contributed by atoms with Crippen LogP contribution in [0.3, 0.4) is 0 Å². The average Bonchev–Trinajstić information content (AvgIpc) is 2.48. The van der Waals surface area contributed by atoms with Gasteiger partial charge in [-0.2, -0.15) is 0 Å². The van der Waals surface area contributed by atoms with Gasteiger partial charge in [-0.1, -0.05) is 43.3 Å². The molecule has 2 aromatic carbocycles. The van der Waals surface area contributed by atoms with Gasteiger partial charge in [0, 0.05) is 19.6 Å². The van der Waals surface area contributed by atoms with E-state index in [9.17, 15) is 4.39 Å². The number of nitrogens with two attached hydrogens (primary N) is 1. The number of hydrogen-bond acceptors (Lipinski definition) is 2. The van der Waals surface area contributed by atoms with Crippen LogP contribution >= 0.6 is 0 Å². The van der Waals surface area contributed by atoms with E-state index in [0.717, 1.165) is 30.8 Å². The number of benzene rings is 2. The van der Waals surface area contributed by atoms with Crippen molar-refractivity contribution in [1.82, 2.24) is 4.90 Å². The summed E-state index contributed by atoms with van der Waals surface area (Å²) < 4.78 is 13.4. The molecule has 106 valence electrons. The molecule has 0 aliphatic rings. The van der Waals surface area contributed by atoms with E-state index in [0.29, 0.717) is 6.54 Å². The van der Waals surface area contributed by atoms with Crippen LogP contribution in [0.25, 0.3) is 0 Å². The van der Waals surface area contributed by atoms with Gasteiger partial charge in [0.05, 0.1) is 0 Å². The van der Waals surface area contributed by atoms with Crippen molar-refractivity contribution in [3.63, 3.8) is 0 Å². The van der Waals surface area contributed by atoms with Gasteiger partial charge in [-0.3, -0.25) is 4.90 Å². The predicted molar refractivity (Wildman–Crippen MR) is 80.5 cm³/mol. The van der Waals surface area contributed by atoms with E-state index < -0.39 is 0 Å². The Morgan fingerprint density at radius 2 is 1.75 bits per heavy atom. The normalized spacial score (nSPS) is 11.0. The Bertz CT molecular complexity index is 540. The van der Waals surface area contributed by atoms with E-state index in [4.69, 9.17) is 5.73 Å². The SMILES string of the molecule is CCN(Cc1ccccc1)Cc1cc(F)ccc1CN. The molecule has 20 heavy (non-hydrogen) atoms. The van der Waals surface area contributed by atoms with Crippen LogP contribution in [-0.2, 0) is 19.6 Å². The van der Waals surface area contributed by atoms with E-state index in [1.54, 1.807) is 12.1 Å². The van der Waals surface area contributed by atoms with Crippen LogP contribution < -0.4 is 5.73 Å². The van der Waals surface area contributed by atoms with Crippen LogP contribution in [0, 0.1) is 5.82 Å². The van der Waals surface area contributed by atoms with E-state index in [-0.39, 0.29) is 5.82 Å². The van der Waals surface area contributed by atoms with Crippen molar-refractivity contribution in [1.29, 1.82) is 0 Å².